The summed E-state index contributed by atoms with van der Waals surface area (Å²) in [6, 6.07) is 18.6. The zero-order valence-corrected chi connectivity index (χ0v) is 13.3. The number of ketones is 1. The average molecular weight is 318 g/mol. The maximum atomic E-state index is 12.4. The molecule has 1 fully saturated rings. The van der Waals surface area contributed by atoms with Crippen LogP contribution in [0.25, 0.3) is 0 Å². The van der Waals surface area contributed by atoms with E-state index in [0.29, 0.717) is 24.6 Å². The number of hydrogen-bond acceptors (Lipinski definition) is 3. The Hall–Kier alpha value is -2.93. The molecule has 2 aromatic carbocycles. The third-order valence-electron chi connectivity index (χ3n) is 4.50. The standard InChI is InChI=1S/C20H18N2O2/c21-14-15-5-4-8-18(13-15)19(23)20(24)22-11-9-17(10-12-22)16-6-2-1-3-7-16/h1-8,13,17H,9-12H2. The zero-order valence-electron chi connectivity index (χ0n) is 13.3. The van der Waals surface area contributed by atoms with Crippen LogP contribution in [-0.2, 0) is 4.79 Å². The van der Waals surface area contributed by atoms with Gasteiger partial charge in [-0.2, -0.15) is 5.26 Å². The number of rotatable bonds is 3. The molecule has 0 saturated carbocycles. The van der Waals surface area contributed by atoms with Gasteiger partial charge in [0.25, 0.3) is 5.91 Å². The lowest BCUT2D eigenvalue weighted by Crippen LogP contribution is -2.41. The number of carbonyl (C=O) groups is 2. The van der Waals surface area contributed by atoms with Crippen LogP contribution in [0.5, 0.6) is 0 Å². The molecular formula is C20H18N2O2. The summed E-state index contributed by atoms with van der Waals surface area (Å²) in [5.41, 5.74) is 1.96. The maximum absolute atomic E-state index is 12.4. The fraction of sp³-hybridized carbons (Fsp3) is 0.250. The first kappa shape index (κ1) is 15.9. The molecule has 4 nitrogen and oxygen atoms in total. The Balaban J connectivity index is 1.64. The van der Waals surface area contributed by atoms with Crippen molar-refractivity contribution in [1.82, 2.24) is 4.90 Å². The number of carbonyl (C=O) groups excluding carboxylic acids is 2. The molecule has 1 heterocycles. The molecule has 0 radical (unpaired) electrons. The van der Waals surface area contributed by atoms with Crippen LogP contribution in [0.2, 0.25) is 0 Å². The Bertz CT molecular complexity index is 785. The minimum Gasteiger partial charge on any atom is -0.336 e. The number of nitriles is 1. The summed E-state index contributed by atoms with van der Waals surface area (Å²) in [6.45, 7) is 1.17. The largest absolute Gasteiger partial charge is 0.336 e. The van der Waals surface area contributed by atoms with E-state index in [0.717, 1.165) is 12.8 Å². The molecule has 4 heteroatoms. The summed E-state index contributed by atoms with van der Waals surface area (Å²) in [6.07, 6.45) is 1.72. The number of benzene rings is 2. The highest BCUT2D eigenvalue weighted by Crippen LogP contribution is 2.28. The van der Waals surface area contributed by atoms with Crippen molar-refractivity contribution in [1.29, 1.82) is 5.26 Å². The molecule has 120 valence electrons. The second-order valence-corrected chi connectivity index (χ2v) is 6.00. The van der Waals surface area contributed by atoms with Crippen molar-refractivity contribution in [3.05, 3.63) is 71.3 Å². The van der Waals surface area contributed by atoms with E-state index in [9.17, 15) is 9.59 Å². The predicted octanol–water partition coefficient (Wildman–Crippen LogP) is 3.15. The molecule has 1 amide bonds. The van der Waals surface area contributed by atoms with Crippen molar-refractivity contribution in [3.63, 3.8) is 0 Å². The second-order valence-electron chi connectivity index (χ2n) is 6.00. The van der Waals surface area contributed by atoms with E-state index in [2.05, 4.69) is 12.1 Å². The van der Waals surface area contributed by atoms with E-state index in [1.807, 2.05) is 24.3 Å². The monoisotopic (exact) mass is 318 g/mol. The lowest BCUT2D eigenvalue weighted by atomic mass is 9.89. The highest BCUT2D eigenvalue weighted by atomic mass is 16.2. The molecule has 0 aliphatic carbocycles. The van der Waals surface area contributed by atoms with Crippen LogP contribution < -0.4 is 0 Å². The van der Waals surface area contributed by atoms with Crippen LogP contribution in [-0.4, -0.2) is 29.7 Å². The molecular weight excluding hydrogens is 300 g/mol. The predicted molar refractivity (Wildman–Crippen MR) is 90.5 cm³/mol. The summed E-state index contributed by atoms with van der Waals surface area (Å²) in [7, 11) is 0. The Morgan fingerprint density at radius 3 is 2.38 bits per heavy atom. The molecule has 0 unspecified atom stereocenters. The van der Waals surface area contributed by atoms with Gasteiger partial charge >= 0.3 is 0 Å². The van der Waals surface area contributed by atoms with Crippen LogP contribution in [0.4, 0.5) is 0 Å². The first-order chi connectivity index (χ1) is 11.7. The van der Waals surface area contributed by atoms with Gasteiger partial charge in [-0.3, -0.25) is 9.59 Å². The lowest BCUT2D eigenvalue weighted by molar-refractivity contribution is -0.127. The van der Waals surface area contributed by atoms with Crippen molar-refractivity contribution in [3.8, 4) is 6.07 Å². The van der Waals surface area contributed by atoms with Crippen molar-refractivity contribution < 1.29 is 9.59 Å². The quantitative estimate of drug-likeness (QED) is 0.645. The van der Waals surface area contributed by atoms with Gasteiger partial charge < -0.3 is 4.90 Å². The van der Waals surface area contributed by atoms with Gasteiger partial charge in [-0.15, -0.1) is 0 Å². The van der Waals surface area contributed by atoms with E-state index in [-0.39, 0.29) is 5.56 Å². The topological polar surface area (TPSA) is 61.2 Å². The second kappa shape index (κ2) is 7.10. The van der Waals surface area contributed by atoms with Crippen LogP contribution in [0, 0.1) is 11.3 Å². The van der Waals surface area contributed by atoms with Gasteiger partial charge in [0.15, 0.2) is 0 Å². The summed E-state index contributed by atoms with van der Waals surface area (Å²) in [5.74, 6) is -0.575. The first-order valence-corrected chi connectivity index (χ1v) is 8.08. The average Bonchev–Trinajstić information content (AvgIpc) is 2.67. The normalized spacial score (nSPS) is 14.9. The molecule has 0 spiro atoms. The fourth-order valence-electron chi connectivity index (χ4n) is 3.14. The molecule has 1 saturated heterocycles. The first-order valence-electron chi connectivity index (χ1n) is 8.08. The van der Waals surface area contributed by atoms with E-state index in [1.165, 1.54) is 11.6 Å². The zero-order chi connectivity index (χ0) is 16.9. The summed E-state index contributed by atoms with van der Waals surface area (Å²) in [4.78, 5) is 26.4. The van der Waals surface area contributed by atoms with Crippen LogP contribution in [0.1, 0.15) is 40.2 Å². The van der Waals surface area contributed by atoms with Gasteiger partial charge in [-0.1, -0.05) is 42.5 Å². The molecule has 24 heavy (non-hydrogen) atoms. The molecule has 2 aromatic rings. The molecule has 0 aromatic heterocycles. The Labute approximate surface area is 141 Å². The molecule has 0 bridgehead atoms. The van der Waals surface area contributed by atoms with Crippen molar-refractivity contribution in [2.75, 3.05) is 13.1 Å². The SMILES string of the molecule is N#Cc1cccc(C(=O)C(=O)N2CCC(c3ccccc3)CC2)c1. The minimum atomic E-state index is -0.537. The van der Waals surface area contributed by atoms with E-state index in [1.54, 1.807) is 23.1 Å². The van der Waals surface area contributed by atoms with Crippen LogP contribution >= 0.6 is 0 Å². The summed E-state index contributed by atoms with van der Waals surface area (Å²) < 4.78 is 0. The van der Waals surface area contributed by atoms with Gasteiger partial charge in [0.05, 0.1) is 11.6 Å². The third kappa shape index (κ3) is 3.36. The van der Waals surface area contributed by atoms with Gasteiger partial charge in [0.1, 0.15) is 0 Å². The van der Waals surface area contributed by atoms with Crippen LogP contribution in [0.3, 0.4) is 0 Å². The van der Waals surface area contributed by atoms with Gasteiger partial charge in [0, 0.05) is 18.7 Å². The third-order valence-corrected chi connectivity index (χ3v) is 4.50. The smallest absolute Gasteiger partial charge is 0.294 e. The lowest BCUT2D eigenvalue weighted by Gasteiger charge is -2.31. The fourth-order valence-corrected chi connectivity index (χ4v) is 3.14. The highest BCUT2D eigenvalue weighted by molar-refractivity contribution is 6.42. The van der Waals surface area contributed by atoms with Crippen LogP contribution in [0.15, 0.2) is 54.6 Å². The van der Waals surface area contributed by atoms with Crippen molar-refractivity contribution in [2.45, 2.75) is 18.8 Å². The van der Waals surface area contributed by atoms with E-state index >= 15 is 0 Å². The number of piperidine rings is 1. The Morgan fingerprint density at radius 2 is 1.71 bits per heavy atom. The maximum Gasteiger partial charge on any atom is 0.294 e. The van der Waals surface area contributed by atoms with Crippen molar-refractivity contribution in [2.24, 2.45) is 0 Å². The van der Waals surface area contributed by atoms with Gasteiger partial charge in [-0.05, 0) is 36.5 Å². The number of amides is 1. The van der Waals surface area contributed by atoms with Gasteiger partial charge in [-0.25, -0.2) is 0 Å². The Kier molecular flexibility index (Phi) is 4.72. The molecule has 0 atom stereocenters. The molecule has 1 aliphatic rings. The summed E-state index contributed by atoms with van der Waals surface area (Å²) >= 11 is 0. The van der Waals surface area contributed by atoms with Gasteiger partial charge in [0.2, 0.25) is 5.78 Å². The highest BCUT2D eigenvalue weighted by Gasteiger charge is 2.28. The molecule has 0 N–H and O–H groups in total. The number of nitrogens with zero attached hydrogens (tertiary/aromatic N) is 2. The van der Waals surface area contributed by atoms with Crippen molar-refractivity contribution >= 4 is 11.7 Å². The minimum absolute atomic E-state index is 0.282. The molecule has 3 rings (SSSR count). The van der Waals surface area contributed by atoms with E-state index < -0.39 is 11.7 Å². The Morgan fingerprint density at radius 1 is 1.00 bits per heavy atom. The molecule has 1 aliphatic heterocycles. The number of Topliss-reactive ketones (excluding diaryl/α,β-unsaturated/α-hetero) is 1. The van der Waals surface area contributed by atoms with E-state index in [4.69, 9.17) is 5.26 Å². The number of hydrogen-bond donors (Lipinski definition) is 0. The summed E-state index contributed by atoms with van der Waals surface area (Å²) in [5, 5.41) is 8.91. The number of likely N-dealkylation sites (tertiary alicyclic amines) is 1.